The molecule has 2 bridgehead atoms. The Labute approximate surface area is 222 Å². The van der Waals surface area contributed by atoms with Gasteiger partial charge in [-0.25, -0.2) is 4.98 Å². The number of aromatic hydroxyl groups is 1. The number of rotatable bonds is 4. The van der Waals surface area contributed by atoms with E-state index in [1.807, 2.05) is 4.90 Å². The molecule has 3 saturated heterocycles. The first kappa shape index (κ1) is 24.3. The maximum absolute atomic E-state index is 12.1. The summed E-state index contributed by atoms with van der Waals surface area (Å²) in [6, 6.07) is 8.05. The zero-order valence-corrected chi connectivity index (χ0v) is 22.1. The van der Waals surface area contributed by atoms with E-state index in [9.17, 15) is 15.2 Å². The molecule has 7 rings (SSSR count). The van der Waals surface area contributed by atoms with Gasteiger partial charge in [0.15, 0.2) is 0 Å². The van der Waals surface area contributed by atoms with Crippen LogP contribution < -0.4 is 4.90 Å². The Bertz CT molecular complexity index is 1340. The molecule has 37 heavy (non-hydrogen) atoms. The fourth-order valence-corrected chi connectivity index (χ4v) is 7.32. The molecular formula is C29H32ClN5O2. The number of anilines is 1. The molecule has 1 N–H and O–H groups in total. The number of hydrogen-bond acceptors (Lipinski definition) is 6. The predicted molar refractivity (Wildman–Crippen MR) is 144 cm³/mol. The van der Waals surface area contributed by atoms with E-state index in [-0.39, 0.29) is 29.0 Å². The van der Waals surface area contributed by atoms with Gasteiger partial charge in [0.1, 0.15) is 23.2 Å². The molecule has 5 heterocycles. The second-order valence-electron chi connectivity index (χ2n) is 11.4. The van der Waals surface area contributed by atoms with Crippen LogP contribution in [-0.4, -0.2) is 64.6 Å². The fourth-order valence-electron chi connectivity index (χ4n) is 7.11. The number of hydrogen-bond donors (Lipinski definition) is 1. The minimum absolute atomic E-state index is 0.0226. The minimum atomic E-state index is -0.0284. The van der Waals surface area contributed by atoms with Gasteiger partial charge in [0, 0.05) is 60.3 Å². The zero-order valence-electron chi connectivity index (χ0n) is 21.4. The monoisotopic (exact) mass is 517 g/mol. The number of fused-ring (bicyclic) bond motifs is 2. The number of phenolic OH excluding ortho intramolecular Hbond substituents is 1. The standard InChI is InChI=1S/C29H32ClN5O2/c1-4-24(37)34-15-29(16-34)9-10-33(14-29)28-21(12-31)26(20-11-19(36)6-7-22(20)30)25-18-5-8-23(27(25)32-28)35(13-18)17(2)3/h4,6-7,11,17-18,23,36H,1,5,8-10,13-16H2,2-3H3/t18-,23-/m1/s1. The van der Waals surface area contributed by atoms with Crippen LogP contribution in [0.4, 0.5) is 5.82 Å². The van der Waals surface area contributed by atoms with E-state index in [1.165, 1.54) is 6.08 Å². The molecule has 1 spiro atoms. The molecule has 4 aliphatic heterocycles. The van der Waals surface area contributed by atoms with Crippen molar-refractivity contribution in [3.8, 4) is 22.9 Å². The SMILES string of the molecule is C=CC(=O)N1CC2(CCN(c3nc4c(c(-c5cc(O)ccc5Cl)c3C#N)[C@@H]3CC[C@H]4N(C(C)C)C3)C2)C1. The molecule has 1 amide bonds. The van der Waals surface area contributed by atoms with Gasteiger partial charge in [-0.05, 0) is 68.9 Å². The van der Waals surface area contributed by atoms with E-state index in [0.29, 0.717) is 41.1 Å². The number of phenols is 1. The number of nitriles is 1. The first-order valence-corrected chi connectivity index (χ1v) is 13.5. The van der Waals surface area contributed by atoms with Gasteiger partial charge in [-0.15, -0.1) is 0 Å². The third-order valence-electron chi connectivity index (χ3n) is 8.86. The number of amides is 1. The van der Waals surface area contributed by atoms with Crippen LogP contribution in [0, 0.1) is 16.7 Å². The molecule has 7 nitrogen and oxygen atoms in total. The Kier molecular flexibility index (Phi) is 5.74. The van der Waals surface area contributed by atoms with Crippen molar-refractivity contribution in [3.05, 3.63) is 52.7 Å². The average molecular weight is 518 g/mol. The Morgan fingerprint density at radius 1 is 1.32 bits per heavy atom. The van der Waals surface area contributed by atoms with E-state index in [1.54, 1.807) is 18.2 Å². The molecule has 0 radical (unpaired) electrons. The highest BCUT2D eigenvalue weighted by Crippen LogP contribution is 2.54. The van der Waals surface area contributed by atoms with Crippen LogP contribution in [0.15, 0.2) is 30.9 Å². The van der Waals surface area contributed by atoms with Crippen LogP contribution in [0.3, 0.4) is 0 Å². The summed E-state index contributed by atoms with van der Waals surface area (Å²) in [5.74, 6) is 1.07. The van der Waals surface area contributed by atoms with Gasteiger partial charge in [-0.1, -0.05) is 18.2 Å². The van der Waals surface area contributed by atoms with Gasteiger partial charge >= 0.3 is 0 Å². The summed E-state index contributed by atoms with van der Waals surface area (Å²) < 4.78 is 0. The number of aromatic nitrogens is 1. The lowest BCUT2D eigenvalue weighted by molar-refractivity contribution is -0.136. The lowest BCUT2D eigenvalue weighted by atomic mass is 9.73. The number of piperidine rings is 1. The first-order chi connectivity index (χ1) is 17.7. The Morgan fingerprint density at radius 2 is 2.11 bits per heavy atom. The van der Waals surface area contributed by atoms with Crippen molar-refractivity contribution in [2.24, 2.45) is 5.41 Å². The van der Waals surface area contributed by atoms with Crippen LogP contribution in [-0.2, 0) is 4.79 Å². The van der Waals surface area contributed by atoms with Gasteiger partial charge in [-0.3, -0.25) is 9.69 Å². The van der Waals surface area contributed by atoms with E-state index < -0.39 is 0 Å². The summed E-state index contributed by atoms with van der Waals surface area (Å²) in [6.45, 7) is 12.0. The maximum Gasteiger partial charge on any atom is 0.245 e. The van der Waals surface area contributed by atoms with Crippen molar-refractivity contribution in [2.75, 3.05) is 37.6 Å². The van der Waals surface area contributed by atoms with E-state index in [2.05, 4.69) is 36.3 Å². The molecule has 3 fully saturated rings. The molecule has 0 unspecified atom stereocenters. The van der Waals surface area contributed by atoms with Gasteiger partial charge in [-0.2, -0.15) is 5.26 Å². The van der Waals surface area contributed by atoms with Crippen molar-refractivity contribution < 1.29 is 9.90 Å². The lowest BCUT2D eigenvalue weighted by Gasteiger charge is -2.49. The van der Waals surface area contributed by atoms with E-state index >= 15 is 0 Å². The number of carbonyl (C=O) groups excluding carboxylic acids is 1. The highest BCUT2D eigenvalue weighted by atomic mass is 35.5. The normalized spacial score (nSPS) is 23.8. The quantitative estimate of drug-likeness (QED) is 0.584. The smallest absolute Gasteiger partial charge is 0.245 e. The highest BCUT2D eigenvalue weighted by molar-refractivity contribution is 6.33. The predicted octanol–water partition coefficient (Wildman–Crippen LogP) is 4.85. The molecule has 1 aliphatic carbocycles. The van der Waals surface area contributed by atoms with Gasteiger partial charge < -0.3 is 14.9 Å². The number of halogens is 1. The van der Waals surface area contributed by atoms with Crippen molar-refractivity contribution >= 4 is 23.3 Å². The molecule has 2 aromatic rings. The van der Waals surface area contributed by atoms with Crippen LogP contribution >= 0.6 is 11.6 Å². The summed E-state index contributed by atoms with van der Waals surface area (Å²) in [4.78, 5) is 23.9. The Morgan fingerprint density at radius 3 is 2.81 bits per heavy atom. The number of likely N-dealkylation sites (tertiary alicyclic amines) is 1. The fraction of sp³-hybridized carbons (Fsp3) is 0.483. The molecule has 0 saturated carbocycles. The number of pyridine rings is 1. The molecule has 1 aromatic carbocycles. The highest BCUT2D eigenvalue weighted by Gasteiger charge is 2.50. The van der Waals surface area contributed by atoms with Crippen LogP contribution in [0.2, 0.25) is 5.02 Å². The second kappa shape index (κ2) is 8.75. The third-order valence-corrected chi connectivity index (χ3v) is 9.19. The summed E-state index contributed by atoms with van der Waals surface area (Å²) in [5, 5.41) is 21.4. The summed E-state index contributed by atoms with van der Waals surface area (Å²) >= 11 is 6.72. The molecule has 192 valence electrons. The summed E-state index contributed by atoms with van der Waals surface area (Å²) in [6.07, 6.45) is 4.42. The van der Waals surface area contributed by atoms with Crippen LogP contribution in [0.1, 0.15) is 61.9 Å². The summed E-state index contributed by atoms with van der Waals surface area (Å²) in [7, 11) is 0. The van der Waals surface area contributed by atoms with Crippen molar-refractivity contribution in [1.29, 1.82) is 5.26 Å². The number of carbonyl (C=O) groups is 1. The molecular weight excluding hydrogens is 486 g/mol. The topological polar surface area (TPSA) is 83.7 Å². The van der Waals surface area contributed by atoms with Crippen LogP contribution in [0.25, 0.3) is 11.1 Å². The number of nitrogens with zero attached hydrogens (tertiary/aromatic N) is 5. The largest absolute Gasteiger partial charge is 0.508 e. The lowest BCUT2D eigenvalue weighted by Crippen LogP contribution is -2.59. The first-order valence-electron chi connectivity index (χ1n) is 13.1. The third kappa shape index (κ3) is 3.72. The zero-order chi connectivity index (χ0) is 26.1. The van der Waals surface area contributed by atoms with E-state index in [4.69, 9.17) is 16.6 Å². The minimum Gasteiger partial charge on any atom is -0.508 e. The molecule has 1 aromatic heterocycles. The molecule has 2 atom stereocenters. The van der Waals surface area contributed by atoms with Gasteiger partial charge in [0.05, 0.1) is 11.7 Å². The van der Waals surface area contributed by atoms with Gasteiger partial charge in [0.2, 0.25) is 5.91 Å². The molecule has 5 aliphatic rings. The Balaban J connectivity index is 1.49. The van der Waals surface area contributed by atoms with Crippen molar-refractivity contribution in [1.82, 2.24) is 14.8 Å². The summed E-state index contributed by atoms with van der Waals surface area (Å²) in [5.41, 5.74) is 4.26. The average Bonchev–Trinajstić information content (AvgIpc) is 3.33. The maximum atomic E-state index is 12.1. The van der Waals surface area contributed by atoms with Crippen LogP contribution in [0.5, 0.6) is 5.75 Å². The van der Waals surface area contributed by atoms with E-state index in [0.717, 1.165) is 55.7 Å². The second-order valence-corrected chi connectivity index (χ2v) is 11.8. The Hall–Kier alpha value is -3.08. The van der Waals surface area contributed by atoms with Gasteiger partial charge in [0.25, 0.3) is 0 Å². The number of benzene rings is 1. The van der Waals surface area contributed by atoms with Crippen molar-refractivity contribution in [2.45, 2.75) is 51.1 Å². The molecule has 8 heteroatoms. The van der Waals surface area contributed by atoms with Crippen molar-refractivity contribution in [3.63, 3.8) is 0 Å².